The second kappa shape index (κ2) is 6.85. The Labute approximate surface area is 122 Å². The molecule has 0 bridgehead atoms. The summed E-state index contributed by atoms with van der Waals surface area (Å²) < 4.78 is 1.09. The molecule has 0 heterocycles. The van der Waals surface area contributed by atoms with Crippen molar-refractivity contribution in [1.29, 1.82) is 0 Å². The SMILES string of the molecule is C[C@@H](NCc1ccccc1Br)[C@@H](O)c1ccccc1. The van der Waals surface area contributed by atoms with Gasteiger partial charge in [-0.25, -0.2) is 0 Å². The number of rotatable bonds is 5. The lowest BCUT2D eigenvalue weighted by Gasteiger charge is -2.21. The molecule has 0 aromatic heterocycles. The van der Waals surface area contributed by atoms with Gasteiger partial charge in [0, 0.05) is 17.1 Å². The van der Waals surface area contributed by atoms with Crippen LogP contribution in [0.5, 0.6) is 0 Å². The second-order valence-corrected chi connectivity index (χ2v) is 5.47. The molecule has 0 aliphatic heterocycles. The number of aliphatic hydroxyl groups is 1. The fourth-order valence-corrected chi connectivity index (χ4v) is 2.39. The maximum Gasteiger partial charge on any atom is 0.0940 e. The van der Waals surface area contributed by atoms with Crippen molar-refractivity contribution in [2.24, 2.45) is 0 Å². The van der Waals surface area contributed by atoms with Gasteiger partial charge in [0.2, 0.25) is 0 Å². The van der Waals surface area contributed by atoms with E-state index in [0.29, 0.717) is 0 Å². The summed E-state index contributed by atoms with van der Waals surface area (Å²) in [6.07, 6.45) is -0.497. The predicted octanol–water partition coefficient (Wildman–Crippen LogP) is 3.66. The van der Waals surface area contributed by atoms with Crippen LogP contribution in [0.25, 0.3) is 0 Å². The highest BCUT2D eigenvalue weighted by Crippen LogP contribution is 2.19. The fraction of sp³-hybridized carbons (Fsp3) is 0.250. The quantitative estimate of drug-likeness (QED) is 0.881. The maximum absolute atomic E-state index is 10.3. The molecule has 0 unspecified atom stereocenters. The van der Waals surface area contributed by atoms with E-state index in [1.807, 2.05) is 55.5 Å². The topological polar surface area (TPSA) is 32.3 Å². The third kappa shape index (κ3) is 3.90. The lowest BCUT2D eigenvalue weighted by atomic mass is 10.0. The molecule has 0 radical (unpaired) electrons. The summed E-state index contributed by atoms with van der Waals surface area (Å²) >= 11 is 3.53. The number of aliphatic hydroxyl groups excluding tert-OH is 1. The van der Waals surface area contributed by atoms with Crippen molar-refractivity contribution >= 4 is 15.9 Å². The van der Waals surface area contributed by atoms with Crippen LogP contribution in [0.15, 0.2) is 59.1 Å². The van der Waals surface area contributed by atoms with Gasteiger partial charge in [0.15, 0.2) is 0 Å². The summed E-state index contributed by atoms with van der Waals surface area (Å²) in [7, 11) is 0. The third-order valence-corrected chi connectivity index (χ3v) is 3.96. The molecular formula is C16H18BrNO. The molecule has 2 N–H and O–H groups in total. The van der Waals surface area contributed by atoms with Crippen LogP contribution in [-0.2, 0) is 6.54 Å². The molecule has 0 saturated carbocycles. The van der Waals surface area contributed by atoms with Crippen molar-refractivity contribution < 1.29 is 5.11 Å². The average molecular weight is 320 g/mol. The molecule has 2 aromatic carbocycles. The Kier molecular flexibility index (Phi) is 5.14. The molecule has 100 valence electrons. The van der Waals surface area contributed by atoms with E-state index in [4.69, 9.17) is 0 Å². The van der Waals surface area contributed by atoms with Crippen LogP contribution in [0.2, 0.25) is 0 Å². The number of benzene rings is 2. The summed E-state index contributed by atoms with van der Waals surface area (Å²) in [4.78, 5) is 0. The highest BCUT2D eigenvalue weighted by atomic mass is 79.9. The zero-order valence-electron chi connectivity index (χ0n) is 10.9. The smallest absolute Gasteiger partial charge is 0.0940 e. The standard InChI is InChI=1S/C16H18BrNO/c1-12(16(19)13-7-3-2-4-8-13)18-11-14-9-5-6-10-15(14)17/h2-10,12,16,18-19H,11H2,1H3/t12-,16-/m1/s1. The van der Waals surface area contributed by atoms with Gasteiger partial charge in [-0.2, -0.15) is 0 Å². The van der Waals surface area contributed by atoms with E-state index >= 15 is 0 Å². The van der Waals surface area contributed by atoms with Gasteiger partial charge in [-0.05, 0) is 24.1 Å². The Bertz CT molecular complexity index is 515. The average Bonchev–Trinajstić information content (AvgIpc) is 2.46. The molecule has 2 rings (SSSR count). The number of halogens is 1. The van der Waals surface area contributed by atoms with Gasteiger partial charge in [0.25, 0.3) is 0 Å². The molecule has 2 nitrogen and oxygen atoms in total. The van der Waals surface area contributed by atoms with Crippen LogP contribution < -0.4 is 5.32 Å². The minimum absolute atomic E-state index is 0.00509. The van der Waals surface area contributed by atoms with E-state index in [-0.39, 0.29) is 6.04 Å². The molecular weight excluding hydrogens is 302 g/mol. The van der Waals surface area contributed by atoms with Gasteiger partial charge >= 0.3 is 0 Å². The van der Waals surface area contributed by atoms with Gasteiger partial charge in [-0.1, -0.05) is 64.5 Å². The van der Waals surface area contributed by atoms with Gasteiger partial charge in [0.05, 0.1) is 6.10 Å². The van der Waals surface area contributed by atoms with Crippen LogP contribution in [-0.4, -0.2) is 11.1 Å². The Hall–Kier alpha value is -1.16. The van der Waals surface area contributed by atoms with Crippen molar-refractivity contribution in [3.05, 3.63) is 70.2 Å². The number of nitrogens with one attached hydrogen (secondary N) is 1. The van der Waals surface area contributed by atoms with E-state index in [1.165, 1.54) is 5.56 Å². The molecule has 0 saturated heterocycles. The second-order valence-electron chi connectivity index (χ2n) is 4.62. The van der Waals surface area contributed by atoms with E-state index in [9.17, 15) is 5.11 Å². The zero-order chi connectivity index (χ0) is 13.7. The minimum Gasteiger partial charge on any atom is -0.387 e. The van der Waals surface area contributed by atoms with Crippen molar-refractivity contribution in [2.45, 2.75) is 25.6 Å². The highest BCUT2D eigenvalue weighted by Gasteiger charge is 2.15. The predicted molar refractivity (Wildman–Crippen MR) is 81.8 cm³/mol. The number of hydrogen-bond acceptors (Lipinski definition) is 2. The Morgan fingerprint density at radius 1 is 1.05 bits per heavy atom. The molecule has 0 aliphatic rings. The summed E-state index contributed by atoms with van der Waals surface area (Å²) in [5.74, 6) is 0. The normalized spacial score (nSPS) is 14.1. The summed E-state index contributed by atoms with van der Waals surface area (Å²) in [5.41, 5.74) is 2.13. The summed E-state index contributed by atoms with van der Waals surface area (Å²) in [5, 5.41) is 13.6. The first kappa shape index (κ1) is 14.3. The van der Waals surface area contributed by atoms with Crippen LogP contribution >= 0.6 is 15.9 Å². The molecule has 0 fully saturated rings. The first-order valence-electron chi connectivity index (χ1n) is 6.38. The molecule has 0 aliphatic carbocycles. The van der Waals surface area contributed by atoms with Crippen molar-refractivity contribution in [2.75, 3.05) is 0 Å². The van der Waals surface area contributed by atoms with E-state index in [2.05, 4.69) is 27.3 Å². The summed E-state index contributed by atoms with van der Waals surface area (Å²) in [6, 6.07) is 17.8. The summed E-state index contributed by atoms with van der Waals surface area (Å²) in [6.45, 7) is 2.72. The van der Waals surface area contributed by atoms with E-state index in [1.54, 1.807) is 0 Å². The monoisotopic (exact) mass is 319 g/mol. The first-order valence-corrected chi connectivity index (χ1v) is 7.17. The minimum atomic E-state index is -0.497. The van der Waals surface area contributed by atoms with Crippen LogP contribution in [0, 0.1) is 0 Å². The largest absolute Gasteiger partial charge is 0.387 e. The van der Waals surface area contributed by atoms with Gasteiger partial charge in [-0.3, -0.25) is 0 Å². The van der Waals surface area contributed by atoms with Crippen molar-refractivity contribution in [3.63, 3.8) is 0 Å². The van der Waals surface area contributed by atoms with E-state index in [0.717, 1.165) is 16.6 Å². The number of hydrogen-bond donors (Lipinski definition) is 2. The molecule has 3 heteroatoms. The highest BCUT2D eigenvalue weighted by molar-refractivity contribution is 9.10. The van der Waals surface area contributed by atoms with Crippen LogP contribution in [0.3, 0.4) is 0 Å². The fourth-order valence-electron chi connectivity index (χ4n) is 1.96. The Morgan fingerprint density at radius 2 is 1.68 bits per heavy atom. The third-order valence-electron chi connectivity index (χ3n) is 3.19. The molecule has 0 spiro atoms. The van der Waals surface area contributed by atoms with Gasteiger partial charge in [-0.15, -0.1) is 0 Å². The van der Waals surface area contributed by atoms with Crippen molar-refractivity contribution in [3.8, 4) is 0 Å². The van der Waals surface area contributed by atoms with Crippen molar-refractivity contribution in [1.82, 2.24) is 5.32 Å². The lowest BCUT2D eigenvalue weighted by Crippen LogP contribution is -2.31. The molecule has 2 aromatic rings. The van der Waals surface area contributed by atoms with Crippen LogP contribution in [0.4, 0.5) is 0 Å². The Morgan fingerprint density at radius 3 is 2.37 bits per heavy atom. The zero-order valence-corrected chi connectivity index (χ0v) is 12.5. The first-order chi connectivity index (χ1) is 9.18. The lowest BCUT2D eigenvalue weighted by molar-refractivity contribution is 0.135. The molecule has 19 heavy (non-hydrogen) atoms. The molecule has 0 amide bonds. The van der Waals surface area contributed by atoms with Gasteiger partial charge < -0.3 is 10.4 Å². The van der Waals surface area contributed by atoms with Gasteiger partial charge in [0.1, 0.15) is 0 Å². The Balaban J connectivity index is 1.95. The van der Waals surface area contributed by atoms with Crippen LogP contribution in [0.1, 0.15) is 24.2 Å². The maximum atomic E-state index is 10.3. The van der Waals surface area contributed by atoms with E-state index < -0.39 is 6.10 Å². The molecule has 2 atom stereocenters.